The van der Waals surface area contributed by atoms with Crippen LogP contribution in [0.25, 0.3) is 11.3 Å². The molecule has 0 N–H and O–H groups in total. The molecule has 0 aliphatic heterocycles. The summed E-state index contributed by atoms with van der Waals surface area (Å²) in [5.74, 6) is -1.34. The molecule has 1 aromatic carbocycles. The van der Waals surface area contributed by atoms with Crippen LogP contribution in [0.2, 0.25) is 0 Å². The van der Waals surface area contributed by atoms with Gasteiger partial charge in [-0.05, 0) is 25.0 Å². The zero-order chi connectivity index (χ0) is 14.8. The van der Waals surface area contributed by atoms with E-state index in [2.05, 4.69) is 5.10 Å². The van der Waals surface area contributed by atoms with Gasteiger partial charge in [0, 0.05) is 17.8 Å². The van der Waals surface area contributed by atoms with Crippen molar-refractivity contribution in [3.05, 3.63) is 41.6 Å². The first-order chi connectivity index (χ1) is 10.2. The number of hydrogen-bond donors (Lipinski definition) is 0. The van der Waals surface area contributed by atoms with Crippen LogP contribution in [0.5, 0.6) is 0 Å². The molecule has 0 amide bonds. The molecule has 0 atom stereocenters. The first-order valence-corrected chi connectivity index (χ1v) is 7.18. The largest absolute Gasteiger partial charge is 0.298 e. The number of aldehydes is 1. The monoisotopic (exact) mass is 290 g/mol. The Morgan fingerprint density at radius 1 is 1.10 bits per heavy atom. The first kappa shape index (κ1) is 13.9. The minimum absolute atomic E-state index is 0.268. The number of halogens is 2. The number of aromatic nitrogens is 2. The van der Waals surface area contributed by atoms with Crippen LogP contribution in [0.4, 0.5) is 8.78 Å². The predicted octanol–water partition coefficient (Wildman–Crippen LogP) is 4.15. The molecule has 1 aromatic heterocycles. The van der Waals surface area contributed by atoms with Gasteiger partial charge in [0.2, 0.25) is 0 Å². The van der Waals surface area contributed by atoms with E-state index in [1.165, 1.54) is 18.6 Å². The lowest BCUT2D eigenvalue weighted by Gasteiger charge is -2.21. The molecule has 1 fully saturated rings. The number of nitrogens with zero attached hydrogens (tertiary/aromatic N) is 2. The van der Waals surface area contributed by atoms with E-state index in [0.29, 0.717) is 23.1 Å². The van der Waals surface area contributed by atoms with Crippen LogP contribution < -0.4 is 0 Å². The Balaban J connectivity index is 2.01. The van der Waals surface area contributed by atoms with Crippen molar-refractivity contribution in [2.75, 3.05) is 0 Å². The van der Waals surface area contributed by atoms with Crippen LogP contribution >= 0.6 is 0 Å². The molecule has 0 bridgehead atoms. The van der Waals surface area contributed by atoms with Crippen LogP contribution in [0, 0.1) is 11.6 Å². The number of carbonyl (C=O) groups excluding carboxylic acids is 1. The predicted molar refractivity (Wildman–Crippen MR) is 75.1 cm³/mol. The van der Waals surface area contributed by atoms with Gasteiger partial charge in [-0.2, -0.15) is 5.10 Å². The zero-order valence-electron chi connectivity index (χ0n) is 11.6. The average molecular weight is 290 g/mol. The molecule has 3 rings (SSSR count). The van der Waals surface area contributed by atoms with Gasteiger partial charge >= 0.3 is 0 Å². The van der Waals surface area contributed by atoms with E-state index >= 15 is 0 Å². The topological polar surface area (TPSA) is 34.9 Å². The summed E-state index contributed by atoms with van der Waals surface area (Å²) in [6, 6.07) is 3.47. The van der Waals surface area contributed by atoms with Crippen LogP contribution in [0.15, 0.2) is 24.4 Å². The third-order valence-electron chi connectivity index (χ3n) is 3.97. The molecule has 1 heterocycles. The van der Waals surface area contributed by atoms with Crippen LogP contribution in [0.1, 0.15) is 48.5 Å². The average Bonchev–Trinajstić information content (AvgIpc) is 2.91. The van der Waals surface area contributed by atoms with Crippen molar-refractivity contribution >= 4 is 6.29 Å². The summed E-state index contributed by atoms with van der Waals surface area (Å²) in [5, 5.41) is 4.41. The maximum atomic E-state index is 13.3. The second-order valence-electron chi connectivity index (χ2n) is 5.48. The van der Waals surface area contributed by atoms with Crippen molar-refractivity contribution in [1.82, 2.24) is 9.78 Å². The van der Waals surface area contributed by atoms with Crippen LogP contribution in [-0.2, 0) is 0 Å². The van der Waals surface area contributed by atoms with Gasteiger partial charge in [-0.15, -0.1) is 0 Å². The normalized spacial score (nSPS) is 16.1. The van der Waals surface area contributed by atoms with Crippen molar-refractivity contribution in [1.29, 1.82) is 0 Å². The molecular formula is C16H16F2N2O. The highest BCUT2D eigenvalue weighted by molar-refractivity contribution is 5.85. The van der Waals surface area contributed by atoms with Crippen LogP contribution in [0.3, 0.4) is 0 Å². The van der Waals surface area contributed by atoms with Gasteiger partial charge < -0.3 is 0 Å². The Morgan fingerprint density at radius 2 is 1.76 bits per heavy atom. The van der Waals surface area contributed by atoms with Gasteiger partial charge in [-0.3, -0.25) is 9.48 Å². The summed E-state index contributed by atoms with van der Waals surface area (Å²) < 4.78 is 28.5. The van der Waals surface area contributed by atoms with Gasteiger partial charge in [0.25, 0.3) is 0 Å². The molecule has 1 saturated carbocycles. The van der Waals surface area contributed by atoms with Crippen molar-refractivity contribution < 1.29 is 13.6 Å². The van der Waals surface area contributed by atoms with E-state index in [9.17, 15) is 13.6 Å². The molecule has 1 aliphatic rings. The third-order valence-corrected chi connectivity index (χ3v) is 3.97. The lowest BCUT2D eigenvalue weighted by Crippen LogP contribution is -2.13. The maximum Gasteiger partial charge on any atom is 0.153 e. The summed E-state index contributed by atoms with van der Waals surface area (Å²) in [6.07, 6.45) is 7.93. The van der Waals surface area contributed by atoms with E-state index in [-0.39, 0.29) is 6.04 Å². The lowest BCUT2D eigenvalue weighted by molar-refractivity contribution is 0.112. The molecule has 0 saturated heterocycles. The van der Waals surface area contributed by atoms with Crippen molar-refractivity contribution in [2.24, 2.45) is 0 Å². The molecule has 0 unspecified atom stereocenters. The molecule has 21 heavy (non-hydrogen) atoms. The molecule has 3 nitrogen and oxygen atoms in total. The highest BCUT2D eigenvalue weighted by atomic mass is 19.1. The fraction of sp³-hybridized carbons (Fsp3) is 0.375. The van der Waals surface area contributed by atoms with Crippen molar-refractivity contribution in [2.45, 2.75) is 38.1 Å². The first-order valence-electron chi connectivity index (χ1n) is 7.18. The van der Waals surface area contributed by atoms with E-state index < -0.39 is 11.6 Å². The van der Waals surface area contributed by atoms with Gasteiger partial charge in [0.05, 0.1) is 11.6 Å². The summed E-state index contributed by atoms with van der Waals surface area (Å²) in [7, 11) is 0. The summed E-state index contributed by atoms with van der Waals surface area (Å²) >= 11 is 0. The molecule has 0 spiro atoms. The minimum Gasteiger partial charge on any atom is -0.298 e. The number of carbonyl (C=O) groups is 1. The summed E-state index contributed by atoms with van der Waals surface area (Å²) in [5.41, 5.74) is 1.00. The maximum absolute atomic E-state index is 13.3. The second kappa shape index (κ2) is 5.76. The van der Waals surface area contributed by atoms with Gasteiger partial charge in [0.15, 0.2) is 6.29 Å². The standard InChI is InChI=1S/C16H16F2N2O/c17-13-6-11(7-14(18)8-13)16-12(10-21)9-20(19-16)15-4-2-1-3-5-15/h6-10,15H,1-5H2. The molecular weight excluding hydrogens is 274 g/mol. The number of benzene rings is 1. The minimum atomic E-state index is -0.672. The van der Waals surface area contributed by atoms with Gasteiger partial charge in [-0.25, -0.2) is 8.78 Å². The van der Waals surface area contributed by atoms with Gasteiger partial charge in [0.1, 0.15) is 17.3 Å². The molecule has 5 heteroatoms. The van der Waals surface area contributed by atoms with E-state index in [0.717, 1.165) is 31.7 Å². The van der Waals surface area contributed by atoms with Crippen molar-refractivity contribution in [3.8, 4) is 11.3 Å². The smallest absolute Gasteiger partial charge is 0.153 e. The van der Waals surface area contributed by atoms with E-state index in [1.807, 2.05) is 0 Å². The Morgan fingerprint density at radius 3 is 2.38 bits per heavy atom. The summed E-state index contributed by atoms with van der Waals surface area (Å²) in [6.45, 7) is 0. The second-order valence-corrected chi connectivity index (χ2v) is 5.48. The van der Waals surface area contributed by atoms with E-state index in [4.69, 9.17) is 0 Å². The Bertz CT molecular complexity index is 640. The Hall–Kier alpha value is -2.04. The SMILES string of the molecule is O=Cc1cn(C2CCCCC2)nc1-c1cc(F)cc(F)c1. The quantitative estimate of drug-likeness (QED) is 0.796. The molecule has 2 aromatic rings. The number of hydrogen-bond acceptors (Lipinski definition) is 2. The van der Waals surface area contributed by atoms with E-state index in [1.54, 1.807) is 10.9 Å². The van der Waals surface area contributed by atoms with Crippen LogP contribution in [-0.4, -0.2) is 16.1 Å². The third kappa shape index (κ3) is 2.86. The molecule has 0 radical (unpaired) electrons. The summed E-state index contributed by atoms with van der Waals surface area (Å²) in [4.78, 5) is 11.2. The van der Waals surface area contributed by atoms with Gasteiger partial charge in [-0.1, -0.05) is 19.3 Å². The highest BCUT2D eigenvalue weighted by Gasteiger charge is 2.19. The fourth-order valence-corrected chi connectivity index (χ4v) is 2.94. The molecule has 1 aliphatic carbocycles. The number of rotatable bonds is 3. The zero-order valence-corrected chi connectivity index (χ0v) is 11.6. The fourth-order valence-electron chi connectivity index (χ4n) is 2.94. The Kier molecular flexibility index (Phi) is 3.82. The Labute approximate surface area is 121 Å². The molecule has 110 valence electrons. The van der Waals surface area contributed by atoms with Crippen molar-refractivity contribution in [3.63, 3.8) is 0 Å². The highest BCUT2D eigenvalue weighted by Crippen LogP contribution is 2.30. The lowest BCUT2D eigenvalue weighted by atomic mass is 9.96.